The molecular weight excluding hydrogens is 226 g/mol. The fourth-order valence-electron chi connectivity index (χ4n) is 2.65. The zero-order valence-electron chi connectivity index (χ0n) is 11.8. The van der Waals surface area contributed by atoms with Crippen molar-refractivity contribution in [2.24, 2.45) is 5.41 Å². The van der Waals surface area contributed by atoms with Crippen LogP contribution in [0.4, 0.5) is 0 Å². The van der Waals surface area contributed by atoms with Gasteiger partial charge in [-0.15, -0.1) is 0 Å². The third-order valence-electron chi connectivity index (χ3n) is 4.00. The Hall–Kier alpha value is -0.870. The van der Waals surface area contributed by atoms with Gasteiger partial charge in [0.1, 0.15) is 0 Å². The van der Waals surface area contributed by atoms with Crippen molar-refractivity contribution < 1.29 is 4.74 Å². The third kappa shape index (κ3) is 2.93. The summed E-state index contributed by atoms with van der Waals surface area (Å²) in [6.07, 6.45) is 5.36. The van der Waals surface area contributed by atoms with E-state index in [1.165, 1.54) is 5.69 Å². The molecule has 0 amide bonds. The highest BCUT2D eigenvalue weighted by atomic mass is 16.5. The van der Waals surface area contributed by atoms with Crippen molar-refractivity contribution in [2.45, 2.75) is 39.2 Å². The van der Waals surface area contributed by atoms with Gasteiger partial charge in [0.05, 0.1) is 12.3 Å². The molecule has 1 saturated heterocycles. The van der Waals surface area contributed by atoms with Gasteiger partial charge in [0.15, 0.2) is 0 Å². The molecule has 4 nitrogen and oxygen atoms in total. The van der Waals surface area contributed by atoms with Gasteiger partial charge < -0.3 is 10.1 Å². The highest BCUT2D eigenvalue weighted by molar-refractivity contribution is 5.05. The summed E-state index contributed by atoms with van der Waals surface area (Å²) in [6.45, 7) is 7.14. The summed E-state index contributed by atoms with van der Waals surface area (Å²) in [7, 11) is 2.01. The second-order valence-electron chi connectivity index (χ2n) is 5.55. The molecule has 1 fully saturated rings. The number of ether oxygens (including phenoxy) is 1. The van der Waals surface area contributed by atoms with Crippen LogP contribution in [0, 0.1) is 5.41 Å². The molecule has 2 atom stereocenters. The first-order valence-electron chi connectivity index (χ1n) is 6.95. The quantitative estimate of drug-likeness (QED) is 0.841. The maximum absolute atomic E-state index is 5.59. The van der Waals surface area contributed by atoms with Crippen LogP contribution in [-0.4, -0.2) is 36.6 Å². The second kappa shape index (κ2) is 5.85. The Morgan fingerprint density at radius 1 is 1.61 bits per heavy atom. The molecule has 1 aliphatic heterocycles. The summed E-state index contributed by atoms with van der Waals surface area (Å²) < 4.78 is 7.67. The Morgan fingerprint density at radius 3 is 3.06 bits per heavy atom. The van der Waals surface area contributed by atoms with Crippen molar-refractivity contribution in [3.8, 4) is 0 Å². The molecule has 1 aromatic heterocycles. The number of rotatable bonds is 6. The topological polar surface area (TPSA) is 39.1 Å². The number of aromatic nitrogens is 2. The summed E-state index contributed by atoms with van der Waals surface area (Å²) in [5, 5.41) is 8.00. The lowest BCUT2D eigenvalue weighted by atomic mass is 9.82. The van der Waals surface area contributed by atoms with Crippen molar-refractivity contribution in [3.63, 3.8) is 0 Å². The maximum Gasteiger partial charge on any atom is 0.0631 e. The molecule has 2 heterocycles. The number of hydrogen-bond donors (Lipinski definition) is 1. The molecule has 18 heavy (non-hydrogen) atoms. The van der Waals surface area contributed by atoms with Gasteiger partial charge in [-0.2, -0.15) is 5.10 Å². The molecule has 0 bridgehead atoms. The van der Waals surface area contributed by atoms with E-state index >= 15 is 0 Å². The van der Waals surface area contributed by atoms with Crippen LogP contribution in [0.5, 0.6) is 0 Å². The fraction of sp³-hybridized carbons (Fsp3) is 0.786. The van der Waals surface area contributed by atoms with Gasteiger partial charge in [-0.05, 0) is 32.9 Å². The van der Waals surface area contributed by atoms with Crippen molar-refractivity contribution >= 4 is 0 Å². The number of nitrogens with one attached hydrogen (secondary N) is 1. The summed E-state index contributed by atoms with van der Waals surface area (Å²) in [4.78, 5) is 0. The van der Waals surface area contributed by atoms with E-state index in [-0.39, 0.29) is 5.41 Å². The molecule has 1 N–H and O–H groups in total. The molecule has 1 aliphatic rings. The highest BCUT2D eigenvalue weighted by Gasteiger charge is 2.35. The van der Waals surface area contributed by atoms with Crippen molar-refractivity contribution in [1.29, 1.82) is 0 Å². The SMILES string of the molecule is CCC(C)n1ccc(CC2(CNC)CCOC2)n1. The van der Waals surface area contributed by atoms with E-state index in [0.717, 1.165) is 39.0 Å². The Morgan fingerprint density at radius 2 is 2.44 bits per heavy atom. The molecular formula is C14H25N3O. The lowest BCUT2D eigenvalue weighted by molar-refractivity contribution is 0.150. The molecule has 2 rings (SSSR count). The minimum atomic E-state index is 0.239. The van der Waals surface area contributed by atoms with Crippen LogP contribution in [0.1, 0.15) is 38.4 Å². The Labute approximate surface area is 110 Å². The van der Waals surface area contributed by atoms with E-state index in [9.17, 15) is 0 Å². The minimum Gasteiger partial charge on any atom is -0.381 e. The van der Waals surface area contributed by atoms with Crippen molar-refractivity contribution in [1.82, 2.24) is 15.1 Å². The van der Waals surface area contributed by atoms with Crippen LogP contribution < -0.4 is 5.32 Å². The lowest BCUT2D eigenvalue weighted by Crippen LogP contribution is -2.35. The molecule has 0 saturated carbocycles. The molecule has 1 aromatic rings. The zero-order valence-corrected chi connectivity index (χ0v) is 11.8. The molecule has 2 unspecified atom stereocenters. The van der Waals surface area contributed by atoms with Gasteiger partial charge in [-0.3, -0.25) is 4.68 Å². The number of nitrogens with zero attached hydrogens (tertiary/aromatic N) is 2. The Kier molecular flexibility index (Phi) is 4.40. The fourth-order valence-corrected chi connectivity index (χ4v) is 2.65. The monoisotopic (exact) mass is 251 g/mol. The molecule has 0 aliphatic carbocycles. The van der Waals surface area contributed by atoms with Crippen LogP contribution >= 0.6 is 0 Å². The first-order chi connectivity index (χ1) is 8.69. The smallest absolute Gasteiger partial charge is 0.0631 e. The van der Waals surface area contributed by atoms with Gasteiger partial charge in [0, 0.05) is 37.2 Å². The first-order valence-corrected chi connectivity index (χ1v) is 6.95. The molecule has 4 heteroatoms. The van der Waals surface area contributed by atoms with Crippen LogP contribution in [0.3, 0.4) is 0 Å². The van der Waals surface area contributed by atoms with Gasteiger partial charge in [-0.25, -0.2) is 0 Å². The normalized spacial score (nSPS) is 25.5. The summed E-state index contributed by atoms with van der Waals surface area (Å²) in [6, 6.07) is 2.64. The Balaban J connectivity index is 2.05. The molecule has 0 spiro atoms. The van der Waals surface area contributed by atoms with Crippen molar-refractivity contribution in [2.75, 3.05) is 26.8 Å². The van der Waals surface area contributed by atoms with E-state index < -0.39 is 0 Å². The average Bonchev–Trinajstić information content (AvgIpc) is 2.99. The summed E-state index contributed by atoms with van der Waals surface area (Å²) in [5.74, 6) is 0. The van der Waals surface area contributed by atoms with Gasteiger partial charge in [0.25, 0.3) is 0 Å². The van der Waals surface area contributed by atoms with Gasteiger partial charge in [0.2, 0.25) is 0 Å². The van der Waals surface area contributed by atoms with Crippen LogP contribution in [0.25, 0.3) is 0 Å². The predicted molar refractivity (Wildman–Crippen MR) is 72.7 cm³/mol. The Bertz CT molecular complexity index is 369. The average molecular weight is 251 g/mol. The second-order valence-corrected chi connectivity index (χ2v) is 5.55. The van der Waals surface area contributed by atoms with Crippen molar-refractivity contribution in [3.05, 3.63) is 18.0 Å². The molecule has 0 aromatic carbocycles. The summed E-state index contributed by atoms with van der Waals surface area (Å²) in [5.41, 5.74) is 1.43. The lowest BCUT2D eigenvalue weighted by Gasteiger charge is -2.26. The van der Waals surface area contributed by atoms with Gasteiger partial charge in [-0.1, -0.05) is 6.92 Å². The van der Waals surface area contributed by atoms with E-state index in [1.54, 1.807) is 0 Å². The van der Waals surface area contributed by atoms with Crippen LogP contribution in [-0.2, 0) is 11.2 Å². The maximum atomic E-state index is 5.59. The standard InChI is InChI=1S/C14H25N3O/c1-4-12(2)17-7-5-13(16-17)9-14(10-15-3)6-8-18-11-14/h5,7,12,15H,4,6,8-11H2,1-3H3. The third-order valence-corrected chi connectivity index (χ3v) is 4.00. The highest BCUT2D eigenvalue weighted by Crippen LogP contribution is 2.31. The van der Waals surface area contributed by atoms with Crippen LogP contribution in [0.15, 0.2) is 12.3 Å². The minimum absolute atomic E-state index is 0.239. The molecule has 102 valence electrons. The predicted octanol–water partition coefficient (Wildman–Crippen LogP) is 2.02. The van der Waals surface area contributed by atoms with E-state index in [4.69, 9.17) is 9.84 Å². The van der Waals surface area contributed by atoms with E-state index in [1.807, 2.05) is 7.05 Å². The molecule has 0 radical (unpaired) electrons. The van der Waals surface area contributed by atoms with Gasteiger partial charge >= 0.3 is 0 Å². The van der Waals surface area contributed by atoms with E-state index in [2.05, 4.69) is 36.1 Å². The van der Waals surface area contributed by atoms with Crippen LogP contribution in [0.2, 0.25) is 0 Å². The number of hydrogen-bond acceptors (Lipinski definition) is 3. The largest absolute Gasteiger partial charge is 0.381 e. The van der Waals surface area contributed by atoms with E-state index in [0.29, 0.717) is 6.04 Å². The first kappa shape index (κ1) is 13.6. The summed E-state index contributed by atoms with van der Waals surface area (Å²) >= 11 is 0. The zero-order chi connectivity index (χ0) is 13.0.